The van der Waals surface area contributed by atoms with E-state index < -0.39 is 57.3 Å². The molecule has 19 nitrogen and oxygen atoms in total. The summed E-state index contributed by atoms with van der Waals surface area (Å²) in [7, 11) is 12.3. The number of ether oxygens (including phenoxy) is 6. The van der Waals surface area contributed by atoms with E-state index in [-0.39, 0.29) is 89.1 Å². The van der Waals surface area contributed by atoms with Crippen LogP contribution in [0.2, 0.25) is 15.5 Å². The molecule has 9 aromatic rings. The van der Waals surface area contributed by atoms with Crippen molar-refractivity contribution in [3.05, 3.63) is 261 Å². The number of carbonyl (C=O) groups excluding carboxylic acids is 1. The molecule has 558 valence electrons. The predicted molar refractivity (Wildman–Crippen MR) is 416 cm³/mol. The minimum Gasteiger partial charge on any atom is -0.481 e. The van der Waals surface area contributed by atoms with Gasteiger partial charge in [-0.1, -0.05) is 210 Å². The molecule has 6 heterocycles. The molecule has 6 aromatic carbocycles. The number of hydrogen-bond donors (Lipinski definition) is 7. The summed E-state index contributed by atoms with van der Waals surface area (Å²) >= 11 is 29.5. The van der Waals surface area contributed by atoms with E-state index in [1.165, 1.54) is 28.3 Å². The van der Waals surface area contributed by atoms with Crippen LogP contribution in [-0.2, 0) is 38.4 Å². The molecule has 0 saturated heterocycles. The van der Waals surface area contributed by atoms with Gasteiger partial charge in [0.05, 0.1) is 38.0 Å². The van der Waals surface area contributed by atoms with E-state index in [1.54, 1.807) is 18.2 Å². The zero-order valence-electron chi connectivity index (χ0n) is 59.5. The summed E-state index contributed by atoms with van der Waals surface area (Å²) in [6, 6.07) is 57.8. The topological polar surface area (TPSA) is 265 Å². The summed E-state index contributed by atoms with van der Waals surface area (Å²) in [5.74, 6) is -1.65. The first-order chi connectivity index (χ1) is 50.9. The van der Waals surface area contributed by atoms with Crippen LogP contribution in [0.5, 0.6) is 34.9 Å². The number of nitrogens with two attached hydrogens (primary N) is 1. The Morgan fingerprint density at radius 2 is 0.698 bits per heavy atom. The molecule has 3 saturated carbocycles. The third-order valence-corrected chi connectivity index (χ3v) is 24.2. The molecular formula is C81H84Br3Cl3N6O13. The Balaban J connectivity index is 0.000000146. The standard InChI is InChI=1S/2C27H28BrClN2O4.C25H24BrClN2O4.C2H4O/c2*1-31(2)14-20-19(15-32)23(16-7-5-4-6-8-16)27(17-9-11-18(28)12-10-17)26(20,33)24-21(35-27)13-22(29)30-25(24)34-3;1-32-23-22-19(11-20(27)29-23)33-25(15-7-9-16(26)10-8-15)21(14-5-3-2-4-6-14)17(13-30)18(12-28)24(22,25)31;1-2-3/h2*4-13,19-20,23,32-33H,14-15H2,1-3H3;2-11,17-18,21,30-31H,12-13,28H2,1H3;2H,1H3/t2*19-,20-,23+,26+,27-;17-,18-,21+,24+,25-;/m000./s1. The summed E-state index contributed by atoms with van der Waals surface area (Å²) in [5, 5.41) is 71.7. The molecule has 15 atom stereocenters. The molecule has 15 rings (SSSR count). The molecular weight excluding hydrogens is 1610 g/mol. The van der Waals surface area contributed by atoms with Crippen LogP contribution in [0.15, 0.2) is 195 Å². The molecule has 3 aromatic heterocycles. The van der Waals surface area contributed by atoms with E-state index in [0.29, 0.717) is 47.0 Å². The number of aldehydes is 1. The maximum absolute atomic E-state index is 13.1. The van der Waals surface area contributed by atoms with Crippen molar-refractivity contribution in [1.29, 1.82) is 0 Å². The van der Waals surface area contributed by atoms with Crippen LogP contribution >= 0.6 is 82.6 Å². The van der Waals surface area contributed by atoms with Gasteiger partial charge in [0.25, 0.3) is 0 Å². The number of fused-ring (bicyclic) bond motifs is 9. The van der Waals surface area contributed by atoms with Crippen LogP contribution < -0.4 is 34.2 Å². The molecule has 25 heteroatoms. The summed E-state index contributed by atoms with van der Waals surface area (Å²) in [6.45, 7) is 2.17. The number of halogens is 6. The van der Waals surface area contributed by atoms with E-state index in [9.17, 15) is 30.6 Å². The normalized spacial score (nSPS) is 28.7. The largest absolute Gasteiger partial charge is 0.481 e. The number of pyridine rings is 3. The zero-order valence-corrected chi connectivity index (χ0v) is 66.5. The molecule has 3 aliphatic heterocycles. The van der Waals surface area contributed by atoms with Crippen LogP contribution in [0, 0.1) is 35.5 Å². The monoisotopic (exact) mass is 1690 g/mol. The molecule has 8 N–H and O–H groups in total. The first kappa shape index (κ1) is 78.8. The number of rotatable bonds is 17. The summed E-state index contributed by atoms with van der Waals surface area (Å²) in [5.41, 5.74) is 4.27. The van der Waals surface area contributed by atoms with Gasteiger partial charge in [-0.3, -0.25) is 0 Å². The van der Waals surface area contributed by atoms with E-state index in [1.807, 2.05) is 202 Å². The maximum Gasteiger partial charge on any atom is 0.224 e. The smallest absolute Gasteiger partial charge is 0.224 e. The van der Waals surface area contributed by atoms with Gasteiger partial charge in [0.1, 0.15) is 55.8 Å². The lowest BCUT2D eigenvalue weighted by molar-refractivity contribution is -0.131. The van der Waals surface area contributed by atoms with Crippen molar-refractivity contribution < 1.29 is 63.9 Å². The van der Waals surface area contributed by atoms with Crippen molar-refractivity contribution in [2.45, 2.75) is 58.3 Å². The lowest BCUT2D eigenvalue weighted by Crippen LogP contribution is -2.52. The van der Waals surface area contributed by atoms with Crippen LogP contribution in [-0.4, -0.2) is 151 Å². The fourth-order valence-corrected chi connectivity index (χ4v) is 19.9. The molecule has 0 amide bonds. The van der Waals surface area contributed by atoms with Gasteiger partial charge in [-0.15, -0.1) is 0 Å². The molecule has 0 bridgehead atoms. The van der Waals surface area contributed by atoms with Crippen molar-refractivity contribution in [2.75, 3.05) is 89.0 Å². The zero-order chi connectivity index (χ0) is 76.0. The van der Waals surface area contributed by atoms with Crippen LogP contribution in [0.1, 0.15) is 74.7 Å². The number of benzene rings is 6. The fourth-order valence-electron chi connectivity index (χ4n) is 18.5. The SMILES string of the molecule is CC=O.COc1nc(Cl)cc2c1[C@]1(O)[C@@H](CN(C)C)[C@H](CO)[C@@H](c3ccccc3)[C@]1(c1ccc(Br)cc1)O2.COc1nc(Cl)cc2c1[C@]1(O)[C@@H](CN(C)C)[C@H](CO)[C@@H](c3ccccc3)[C@]1(c1ccc(Br)cc1)O2.COc1nc(Cl)cc2c1[C@]1(O)[C@@H](CN)[C@H](CO)[C@@H](c3ccccc3)[C@]1(c1ccc(Br)cc1)O2. The summed E-state index contributed by atoms with van der Waals surface area (Å²) < 4.78 is 40.1. The highest BCUT2D eigenvalue weighted by Gasteiger charge is 2.79. The number of carbonyl (C=O) groups is 1. The molecule has 106 heavy (non-hydrogen) atoms. The average molecular weight is 1700 g/mol. The second kappa shape index (κ2) is 31.6. The second-order valence-corrected chi connectivity index (χ2v) is 31.7. The average Bonchev–Trinajstić information content (AvgIpc) is 1.51. The summed E-state index contributed by atoms with van der Waals surface area (Å²) in [4.78, 5) is 26.0. The van der Waals surface area contributed by atoms with E-state index >= 15 is 0 Å². The van der Waals surface area contributed by atoms with E-state index in [2.05, 4.69) is 62.7 Å². The van der Waals surface area contributed by atoms with Crippen molar-refractivity contribution in [3.63, 3.8) is 0 Å². The number of aliphatic hydroxyl groups excluding tert-OH is 3. The number of hydrogen-bond acceptors (Lipinski definition) is 19. The lowest BCUT2D eigenvalue weighted by atomic mass is 9.70. The Kier molecular flexibility index (Phi) is 23.5. The minimum atomic E-state index is -1.64. The van der Waals surface area contributed by atoms with Gasteiger partial charge >= 0.3 is 0 Å². The third kappa shape index (κ3) is 12.6. The highest BCUT2D eigenvalue weighted by Crippen LogP contribution is 2.75. The predicted octanol–water partition coefficient (Wildman–Crippen LogP) is 13.3. The highest BCUT2D eigenvalue weighted by molar-refractivity contribution is 9.11. The van der Waals surface area contributed by atoms with Crippen molar-refractivity contribution in [1.82, 2.24) is 24.8 Å². The van der Waals surface area contributed by atoms with E-state index in [0.717, 1.165) is 53.1 Å². The lowest BCUT2D eigenvalue weighted by Gasteiger charge is -2.42. The first-order valence-corrected chi connectivity index (χ1v) is 38.0. The molecule has 0 unspecified atom stereocenters. The first-order valence-electron chi connectivity index (χ1n) is 34.5. The Bertz CT molecular complexity index is 4400. The number of methoxy groups -OCH3 is 3. The number of aromatic nitrogens is 3. The van der Waals surface area contributed by atoms with Crippen LogP contribution in [0.3, 0.4) is 0 Å². The van der Waals surface area contributed by atoms with E-state index in [4.69, 9.17) is 73.8 Å². The molecule has 6 aliphatic rings. The number of nitrogens with zero attached hydrogens (tertiary/aromatic N) is 5. The maximum atomic E-state index is 13.1. The number of aliphatic hydroxyl groups is 6. The van der Waals surface area contributed by atoms with Gasteiger partial charge in [-0.05, 0) is 111 Å². The Labute approximate surface area is 656 Å². The Morgan fingerprint density at radius 1 is 0.453 bits per heavy atom. The summed E-state index contributed by atoms with van der Waals surface area (Å²) in [6.07, 6.45) is 0.750. The van der Waals surface area contributed by atoms with Crippen LogP contribution in [0.4, 0.5) is 0 Å². The molecule has 0 radical (unpaired) electrons. The van der Waals surface area contributed by atoms with Gasteiger partial charge in [0, 0.05) is 118 Å². The van der Waals surface area contributed by atoms with Crippen molar-refractivity contribution in [3.8, 4) is 34.9 Å². The van der Waals surface area contributed by atoms with Gasteiger partial charge in [0.2, 0.25) is 17.6 Å². The van der Waals surface area contributed by atoms with Gasteiger partial charge < -0.3 is 79.4 Å². The van der Waals surface area contributed by atoms with Crippen molar-refractivity contribution in [2.24, 2.45) is 41.2 Å². The van der Waals surface area contributed by atoms with Crippen LogP contribution in [0.25, 0.3) is 0 Å². The third-order valence-electron chi connectivity index (χ3n) is 22.1. The van der Waals surface area contributed by atoms with Crippen molar-refractivity contribution >= 4 is 88.9 Å². The Hall–Kier alpha value is -6.81. The molecule has 3 aliphatic carbocycles. The fraction of sp³-hybridized carbons (Fsp3) is 0.358. The quantitative estimate of drug-likeness (QED) is 0.0330. The Morgan fingerprint density at radius 3 is 0.925 bits per heavy atom. The second-order valence-electron chi connectivity index (χ2n) is 27.8. The molecule has 3 fully saturated rings. The molecule has 0 spiro atoms. The highest BCUT2D eigenvalue weighted by atomic mass is 79.9. The van der Waals surface area contributed by atoms with Gasteiger partial charge in [-0.2, -0.15) is 0 Å². The van der Waals surface area contributed by atoms with Gasteiger partial charge in [-0.25, -0.2) is 15.0 Å². The minimum absolute atomic E-state index is 0.123. The van der Waals surface area contributed by atoms with Gasteiger partial charge in [0.15, 0.2) is 16.8 Å².